The number of nitrogens with one attached hydrogen (secondary N) is 1. The topological polar surface area (TPSA) is 25.2 Å². The van der Waals surface area contributed by atoms with Gasteiger partial charge < -0.3 is 4.42 Å². The summed E-state index contributed by atoms with van der Waals surface area (Å²) in [6, 6.07) is 8.28. The lowest BCUT2D eigenvalue weighted by molar-refractivity contribution is 0.421. The van der Waals surface area contributed by atoms with Crippen LogP contribution < -0.4 is 5.32 Å². The number of hydrogen-bond donors (Lipinski definition) is 1. The smallest absolute Gasteiger partial charge is 0.134 e. The molecule has 100 valence electrons. The van der Waals surface area contributed by atoms with Gasteiger partial charge in [-0.15, -0.1) is 6.42 Å². The fourth-order valence-corrected chi connectivity index (χ4v) is 2.51. The molecule has 0 saturated heterocycles. The van der Waals surface area contributed by atoms with Crippen molar-refractivity contribution in [1.82, 2.24) is 5.32 Å². The minimum absolute atomic E-state index is 0.0972. The summed E-state index contributed by atoms with van der Waals surface area (Å²) < 4.78 is 6.91. The van der Waals surface area contributed by atoms with E-state index in [2.05, 4.69) is 53.1 Å². The summed E-state index contributed by atoms with van der Waals surface area (Å²) in [5.41, 5.74) is 0.902. The Balaban J connectivity index is 2.17. The Labute approximate surface area is 122 Å². The van der Waals surface area contributed by atoms with E-state index < -0.39 is 0 Å². The average Bonchev–Trinajstić information content (AvgIpc) is 2.81. The molecule has 0 saturated carbocycles. The Morgan fingerprint density at radius 1 is 1.42 bits per heavy atom. The van der Waals surface area contributed by atoms with Crippen molar-refractivity contribution in [2.75, 3.05) is 0 Å². The van der Waals surface area contributed by atoms with Crippen LogP contribution in [0.4, 0.5) is 0 Å². The molecule has 1 aromatic carbocycles. The van der Waals surface area contributed by atoms with Gasteiger partial charge in [-0.05, 0) is 37.6 Å². The second-order valence-corrected chi connectivity index (χ2v) is 5.64. The molecular formula is C16H18BrNO. The van der Waals surface area contributed by atoms with E-state index in [1.807, 2.05) is 12.1 Å². The molecule has 0 aliphatic carbocycles. The summed E-state index contributed by atoms with van der Waals surface area (Å²) in [6.07, 6.45) is 7.58. The van der Waals surface area contributed by atoms with Crippen LogP contribution in [0.2, 0.25) is 0 Å². The molecule has 2 atom stereocenters. The number of terminal acetylenes is 1. The molecule has 1 N–H and O–H groups in total. The van der Waals surface area contributed by atoms with E-state index in [1.54, 1.807) is 0 Å². The highest BCUT2D eigenvalue weighted by atomic mass is 79.9. The Bertz CT molecular complexity index is 596. The summed E-state index contributed by atoms with van der Waals surface area (Å²) in [4.78, 5) is 0. The largest absolute Gasteiger partial charge is 0.459 e. The molecule has 19 heavy (non-hydrogen) atoms. The van der Waals surface area contributed by atoms with Crippen LogP contribution in [0.3, 0.4) is 0 Å². The predicted octanol–water partition coefficient (Wildman–Crippen LogP) is 4.65. The van der Waals surface area contributed by atoms with E-state index in [-0.39, 0.29) is 12.1 Å². The van der Waals surface area contributed by atoms with Gasteiger partial charge in [-0.1, -0.05) is 35.2 Å². The van der Waals surface area contributed by atoms with Crippen LogP contribution in [0, 0.1) is 12.3 Å². The molecule has 0 fully saturated rings. The van der Waals surface area contributed by atoms with Crippen LogP contribution in [-0.2, 0) is 0 Å². The van der Waals surface area contributed by atoms with Gasteiger partial charge in [-0.2, -0.15) is 0 Å². The van der Waals surface area contributed by atoms with Crippen LogP contribution in [0.1, 0.15) is 38.5 Å². The van der Waals surface area contributed by atoms with Crippen molar-refractivity contribution in [3.63, 3.8) is 0 Å². The molecule has 2 nitrogen and oxygen atoms in total. The fraction of sp³-hybridized carbons (Fsp3) is 0.375. The van der Waals surface area contributed by atoms with E-state index in [0.29, 0.717) is 0 Å². The van der Waals surface area contributed by atoms with Gasteiger partial charge in [0.2, 0.25) is 0 Å². The Kier molecular flexibility index (Phi) is 4.68. The lowest BCUT2D eigenvalue weighted by atomic mass is 10.1. The maximum atomic E-state index is 5.86. The van der Waals surface area contributed by atoms with Gasteiger partial charge in [0.25, 0.3) is 0 Å². The van der Waals surface area contributed by atoms with Crippen molar-refractivity contribution in [2.24, 2.45) is 0 Å². The van der Waals surface area contributed by atoms with Crippen LogP contribution in [0.5, 0.6) is 0 Å². The first kappa shape index (κ1) is 14.2. The Morgan fingerprint density at radius 3 is 2.89 bits per heavy atom. The molecule has 2 aromatic rings. The number of rotatable bonds is 5. The van der Waals surface area contributed by atoms with Crippen molar-refractivity contribution >= 4 is 26.9 Å². The number of hydrogen-bond acceptors (Lipinski definition) is 2. The quantitative estimate of drug-likeness (QED) is 0.811. The third-order valence-electron chi connectivity index (χ3n) is 3.15. The first-order chi connectivity index (χ1) is 9.13. The van der Waals surface area contributed by atoms with Gasteiger partial charge >= 0.3 is 0 Å². The zero-order valence-electron chi connectivity index (χ0n) is 11.2. The predicted molar refractivity (Wildman–Crippen MR) is 83.0 cm³/mol. The van der Waals surface area contributed by atoms with Crippen LogP contribution in [0.15, 0.2) is 33.2 Å². The minimum Gasteiger partial charge on any atom is -0.459 e. The highest BCUT2D eigenvalue weighted by molar-refractivity contribution is 9.10. The van der Waals surface area contributed by atoms with Crippen LogP contribution in [-0.4, -0.2) is 6.04 Å². The number of furan rings is 1. The molecule has 0 radical (unpaired) electrons. The molecule has 0 aliphatic rings. The van der Waals surface area contributed by atoms with Crippen molar-refractivity contribution in [3.05, 3.63) is 34.5 Å². The summed E-state index contributed by atoms with van der Waals surface area (Å²) in [6.45, 7) is 4.21. The van der Waals surface area contributed by atoms with Crippen molar-refractivity contribution < 1.29 is 4.42 Å². The molecule has 3 heteroatoms. The molecular weight excluding hydrogens is 302 g/mol. The van der Waals surface area contributed by atoms with Gasteiger partial charge in [0.15, 0.2) is 0 Å². The van der Waals surface area contributed by atoms with Gasteiger partial charge in [0, 0.05) is 9.86 Å². The molecule has 2 rings (SSSR count). The molecule has 1 heterocycles. The Morgan fingerprint density at radius 2 is 2.21 bits per heavy atom. The zero-order chi connectivity index (χ0) is 13.8. The molecule has 0 bridgehead atoms. The van der Waals surface area contributed by atoms with Crippen molar-refractivity contribution in [3.8, 4) is 12.3 Å². The zero-order valence-corrected chi connectivity index (χ0v) is 12.8. The maximum Gasteiger partial charge on any atom is 0.134 e. The first-order valence-electron chi connectivity index (χ1n) is 6.55. The third kappa shape index (κ3) is 3.40. The lowest BCUT2D eigenvalue weighted by Gasteiger charge is -2.16. The second kappa shape index (κ2) is 6.27. The average molecular weight is 320 g/mol. The molecule has 0 aliphatic heterocycles. The second-order valence-electron chi connectivity index (χ2n) is 4.73. The molecule has 1 aromatic heterocycles. The lowest BCUT2D eigenvalue weighted by Crippen LogP contribution is -2.29. The van der Waals surface area contributed by atoms with E-state index in [1.165, 1.54) is 0 Å². The molecule has 0 spiro atoms. The molecule has 2 unspecified atom stereocenters. The van der Waals surface area contributed by atoms with Gasteiger partial charge in [0.1, 0.15) is 11.3 Å². The molecule has 0 amide bonds. The van der Waals surface area contributed by atoms with E-state index in [4.69, 9.17) is 10.8 Å². The number of halogens is 1. The number of fused-ring (bicyclic) bond motifs is 1. The third-order valence-corrected chi connectivity index (χ3v) is 3.65. The van der Waals surface area contributed by atoms with Crippen molar-refractivity contribution in [2.45, 2.75) is 38.8 Å². The van der Waals surface area contributed by atoms with Crippen LogP contribution in [0.25, 0.3) is 11.0 Å². The summed E-state index contributed by atoms with van der Waals surface area (Å²) in [5, 5.41) is 4.52. The van der Waals surface area contributed by atoms with Gasteiger partial charge in [-0.25, -0.2) is 0 Å². The standard InChI is InChI=1S/C16H18BrNO/c1-4-6-14(5-2)18-11(3)16-10-12-9-13(17)7-8-15(12)19-16/h2,7-11,14,18H,4,6H2,1,3H3. The fourth-order valence-electron chi connectivity index (χ4n) is 2.14. The van der Waals surface area contributed by atoms with Gasteiger partial charge in [-0.3, -0.25) is 5.32 Å². The highest BCUT2D eigenvalue weighted by Crippen LogP contribution is 2.26. The van der Waals surface area contributed by atoms with E-state index >= 15 is 0 Å². The van der Waals surface area contributed by atoms with Crippen LogP contribution >= 0.6 is 15.9 Å². The normalized spacial score (nSPS) is 14.2. The minimum atomic E-state index is 0.0972. The summed E-state index contributed by atoms with van der Waals surface area (Å²) >= 11 is 3.47. The summed E-state index contributed by atoms with van der Waals surface area (Å²) in [5.74, 6) is 3.71. The van der Waals surface area contributed by atoms with E-state index in [0.717, 1.165) is 34.0 Å². The Hall–Kier alpha value is -1.24. The summed E-state index contributed by atoms with van der Waals surface area (Å²) in [7, 11) is 0. The SMILES string of the molecule is C#CC(CCC)NC(C)c1cc2cc(Br)ccc2o1. The highest BCUT2D eigenvalue weighted by Gasteiger charge is 2.14. The number of benzene rings is 1. The van der Waals surface area contributed by atoms with E-state index in [9.17, 15) is 0 Å². The van der Waals surface area contributed by atoms with Crippen molar-refractivity contribution in [1.29, 1.82) is 0 Å². The first-order valence-corrected chi connectivity index (χ1v) is 7.34. The maximum absolute atomic E-state index is 5.86. The van der Waals surface area contributed by atoms with Gasteiger partial charge in [0.05, 0.1) is 12.1 Å². The monoisotopic (exact) mass is 319 g/mol.